The Labute approximate surface area is 117 Å². The van der Waals surface area contributed by atoms with Gasteiger partial charge in [-0.25, -0.2) is 4.79 Å². The van der Waals surface area contributed by atoms with E-state index in [2.05, 4.69) is 6.58 Å². The van der Waals surface area contributed by atoms with Crippen LogP contribution in [0.5, 0.6) is 0 Å². The van der Waals surface area contributed by atoms with Crippen molar-refractivity contribution in [1.29, 1.82) is 0 Å². The van der Waals surface area contributed by atoms with E-state index < -0.39 is 17.5 Å². The van der Waals surface area contributed by atoms with Crippen LogP contribution in [0.4, 0.5) is 0 Å². The fourth-order valence-corrected chi connectivity index (χ4v) is 4.20. The second-order valence-electron chi connectivity index (χ2n) is 6.48. The molecule has 1 aliphatic carbocycles. The highest BCUT2D eigenvalue weighted by molar-refractivity contribution is 5.90. The van der Waals surface area contributed by atoms with Gasteiger partial charge in [-0.3, -0.25) is 4.79 Å². The van der Waals surface area contributed by atoms with Crippen molar-refractivity contribution in [2.75, 3.05) is 6.61 Å². The summed E-state index contributed by atoms with van der Waals surface area (Å²) < 4.78 is 10.8. The zero-order chi connectivity index (χ0) is 14.7. The monoisotopic (exact) mass is 280 g/mol. The van der Waals surface area contributed by atoms with E-state index in [-0.39, 0.29) is 36.4 Å². The molecule has 3 aliphatic rings. The number of aliphatic hydroxyl groups is 1. The third-order valence-corrected chi connectivity index (χ3v) is 5.53. The first kappa shape index (κ1) is 13.6. The zero-order valence-electron chi connectivity index (χ0n) is 11.8. The molecule has 0 aromatic heterocycles. The van der Waals surface area contributed by atoms with Gasteiger partial charge in [0.15, 0.2) is 0 Å². The Morgan fingerprint density at radius 1 is 1.40 bits per heavy atom. The molecule has 1 N–H and O–H groups in total. The maximum absolute atomic E-state index is 11.9. The fraction of sp³-hybridized carbons (Fsp3) is 0.733. The van der Waals surface area contributed by atoms with Gasteiger partial charge < -0.3 is 14.6 Å². The van der Waals surface area contributed by atoms with E-state index in [1.54, 1.807) is 0 Å². The number of carbonyl (C=O) groups is 2. The first-order valence-corrected chi connectivity index (χ1v) is 7.11. The summed E-state index contributed by atoms with van der Waals surface area (Å²) >= 11 is 0. The molecule has 0 radical (unpaired) electrons. The molecule has 0 spiro atoms. The molecule has 2 heterocycles. The molecule has 0 bridgehead atoms. The van der Waals surface area contributed by atoms with E-state index >= 15 is 0 Å². The highest BCUT2D eigenvalue weighted by Gasteiger charge is 2.61. The van der Waals surface area contributed by atoms with Crippen LogP contribution in [-0.2, 0) is 19.1 Å². The van der Waals surface area contributed by atoms with E-state index in [1.807, 2.05) is 13.8 Å². The number of aliphatic hydroxyl groups excluding tert-OH is 1. The maximum atomic E-state index is 11.9. The minimum atomic E-state index is -0.555. The van der Waals surface area contributed by atoms with Gasteiger partial charge >= 0.3 is 11.9 Å². The Hall–Kier alpha value is -1.36. The van der Waals surface area contributed by atoms with Gasteiger partial charge in [0.2, 0.25) is 0 Å². The molecule has 0 unspecified atom stereocenters. The molecule has 0 aromatic carbocycles. The predicted molar refractivity (Wildman–Crippen MR) is 69.5 cm³/mol. The molecule has 20 heavy (non-hydrogen) atoms. The van der Waals surface area contributed by atoms with Crippen LogP contribution in [0.1, 0.15) is 26.7 Å². The standard InChI is InChI=1S/C15H20O5/c1-7-9-4-5-15(3)10(6-16)19-14(18)8(2)11(15)12(9)20-13(7)17/h7,9-12,16H,2,4-6H2,1,3H3/t7-,9-,10-,11+,12-,15-/m0/s1. The van der Waals surface area contributed by atoms with Gasteiger partial charge in [0, 0.05) is 22.8 Å². The molecule has 5 nitrogen and oxygen atoms in total. The van der Waals surface area contributed by atoms with Crippen molar-refractivity contribution >= 4 is 11.9 Å². The number of rotatable bonds is 1. The zero-order valence-corrected chi connectivity index (χ0v) is 11.8. The molecular formula is C15H20O5. The third kappa shape index (κ3) is 1.59. The van der Waals surface area contributed by atoms with E-state index in [0.29, 0.717) is 5.57 Å². The van der Waals surface area contributed by atoms with E-state index in [4.69, 9.17) is 9.47 Å². The van der Waals surface area contributed by atoms with Crippen molar-refractivity contribution in [3.05, 3.63) is 12.2 Å². The predicted octanol–water partition coefficient (Wildman–Crippen LogP) is 1.05. The molecule has 2 saturated heterocycles. The van der Waals surface area contributed by atoms with Crippen molar-refractivity contribution < 1.29 is 24.2 Å². The summed E-state index contributed by atoms with van der Waals surface area (Å²) in [5, 5.41) is 9.53. The number of cyclic esters (lactones) is 1. The number of carbonyl (C=O) groups excluding carboxylic acids is 2. The first-order chi connectivity index (χ1) is 9.40. The number of hydrogen-bond acceptors (Lipinski definition) is 5. The van der Waals surface area contributed by atoms with Crippen molar-refractivity contribution in [3.63, 3.8) is 0 Å². The van der Waals surface area contributed by atoms with Gasteiger partial charge in [-0.2, -0.15) is 0 Å². The van der Waals surface area contributed by atoms with Crippen LogP contribution in [0.15, 0.2) is 12.2 Å². The highest BCUT2D eigenvalue weighted by atomic mass is 16.6. The first-order valence-electron chi connectivity index (χ1n) is 7.11. The van der Waals surface area contributed by atoms with Gasteiger partial charge in [0.25, 0.3) is 0 Å². The Morgan fingerprint density at radius 2 is 2.10 bits per heavy atom. The lowest BCUT2D eigenvalue weighted by Gasteiger charge is -2.52. The van der Waals surface area contributed by atoms with Crippen LogP contribution in [0, 0.1) is 23.2 Å². The van der Waals surface area contributed by atoms with Crippen LogP contribution < -0.4 is 0 Å². The molecule has 1 saturated carbocycles. The summed E-state index contributed by atoms with van der Waals surface area (Å²) in [6.07, 6.45) is 0.759. The smallest absolute Gasteiger partial charge is 0.334 e. The average molecular weight is 280 g/mol. The number of hydrogen-bond donors (Lipinski definition) is 1. The minimum Gasteiger partial charge on any atom is -0.461 e. The SMILES string of the molecule is C=C1C(=O)O[C@@H](CO)[C@]2(C)CC[C@@H]3[C@H](OC(=O)[C@H]3C)[C@@H]12. The van der Waals surface area contributed by atoms with Crippen molar-refractivity contribution in [2.24, 2.45) is 23.2 Å². The molecule has 5 heteroatoms. The maximum Gasteiger partial charge on any atom is 0.334 e. The van der Waals surface area contributed by atoms with Crippen molar-refractivity contribution in [1.82, 2.24) is 0 Å². The molecule has 0 aromatic rings. The summed E-state index contributed by atoms with van der Waals surface area (Å²) in [5.74, 6) is -0.946. The van der Waals surface area contributed by atoms with Crippen LogP contribution >= 0.6 is 0 Å². The molecular weight excluding hydrogens is 260 g/mol. The van der Waals surface area contributed by atoms with E-state index in [0.717, 1.165) is 12.8 Å². The fourth-order valence-electron chi connectivity index (χ4n) is 4.20. The summed E-state index contributed by atoms with van der Waals surface area (Å²) in [7, 11) is 0. The number of ether oxygens (including phenoxy) is 2. The molecule has 3 fully saturated rings. The lowest BCUT2D eigenvalue weighted by Crippen LogP contribution is -2.57. The van der Waals surface area contributed by atoms with Crippen molar-refractivity contribution in [3.8, 4) is 0 Å². The molecule has 0 amide bonds. The largest absolute Gasteiger partial charge is 0.461 e. The second kappa shape index (κ2) is 4.32. The van der Waals surface area contributed by atoms with Crippen LogP contribution in [0.3, 0.4) is 0 Å². The second-order valence-corrected chi connectivity index (χ2v) is 6.48. The average Bonchev–Trinajstić information content (AvgIpc) is 2.69. The van der Waals surface area contributed by atoms with Crippen LogP contribution in [0.2, 0.25) is 0 Å². The quantitative estimate of drug-likeness (QED) is 0.574. The molecule has 3 rings (SSSR count). The van der Waals surface area contributed by atoms with Crippen LogP contribution in [0.25, 0.3) is 0 Å². The normalized spacial score (nSPS) is 47.4. The molecule has 2 aliphatic heterocycles. The van der Waals surface area contributed by atoms with Gasteiger partial charge in [0.1, 0.15) is 12.2 Å². The summed E-state index contributed by atoms with van der Waals surface area (Å²) in [6, 6.07) is 0. The topological polar surface area (TPSA) is 72.8 Å². The minimum absolute atomic E-state index is 0.127. The van der Waals surface area contributed by atoms with E-state index in [9.17, 15) is 14.7 Å². The number of esters is 2. The Morgan fingerprint density at radius 3 is 2.75 bits per heavy atom. The summed E-state index contributed by atoms with van der Waals surface area (Å²) in [4.78, 5) is 23.8. The Balaban J connectivity index is 2.02. The van der Waals surface area contributed by atoms with Gasteiger partial charge in [0.05, 0.1) is 12.5 Å². The molecule has 110 valence electrons. The number of fused-ring (bicyclic) bond motifs is 3. The highest BCUT2D eigenvalue weighted by Crippen LogP contribution is 2.56. The van der Waals surface area contributed by atoms with Crippen molar-refractivity contribution in [2.45, 2.75) is 38.9 Å². The lowest BCUT2D eigenvalue weighted by molar-refractivity contribution is -0.184. The summed E-state index contributed by atoms with van der Waals surface area (Å²) in [5.41, 5.74) is -0.0422. The lowest BCUT2D eigenvalue weighted by atomic mass is 9.56. The van der Waals surface area contributed by atoms with E-state index in [1.165, 1.54) is 0 Å². The van der Waals surface area contributed by atoms with Gasteiger partial charge in [-0.1, -0.05) is 20.4 Å². The van der Waals surface area contributed by atoms with Crippen LogP contribution in [-0.4, -0.2) is 35.9 Å². The summed E-state index contributed by atoms with van der Waals surface area (Å²) in [6.45, 7) is 7.51. The Bertz CT molecular complexity index is 485. The Kier molecular flexibility index (Phi) is 2.94. The third-order valence-electron chi connectivity index (χ3n) is 5.53. The van der Waals surface area contributed by atoms with Gasteiger partial charge in [-0.15, -0.1) is 0 Å². The molecule has 6 atom stereocenters. The van der Waals surface area contributed by atoms with Gasteiger partial charge in [-0.05, 0) is 12.8 Å².